The topological polar surface area (TPSA) is 106 Å². The highest BCUT2D eigenvalue weighted by atomic mass is 16.3. The Morgan fingerprint density at radius 3 is 2.54 bits per heavy atom. The lowest BCUT2D eigenvalue weighted by molar-refractivity contribution is -0.212. The molecular formula is C31H28N4O4. The van der Waals surface area contributed by atoms with Crippen LogP contribution in [0.5, 0.6) is 5.75 Å². The number of amides is 2. The molecule has 8 aliphatic rings. The van der Waals surface area contributed by atoms with Gasteiger partial charge in [-0.1, -0.05) is 0 Å². The summed E-state index contributed by atoms with van der Waals surface area (Å²) < 4.78 is 0. The third-order valence-electron chi connectivity index (χ3n) is 10.9. The van der Waals surface area contributed by atoms with E-state index in [-0.39, 0.29) is 28.8 Å². The van der Waals surface area contributed by atoms with Crippen molar-refractivity contribution in [3.63, 3.8) is 0 Å². The van der Waals surface area contributed by atoms with E-state index in [9.17, 15) is 19.5 Å². The molecule has 1 aromatic carbocycles. The largest absolute Gasteiger partial charge is 0.506 e. The number of aromatic amines is 1. The van der Waals surface area contributed by atoms with Gasteiger partial charge in [-0.15, -0.1) is 0 Å². The molecule has 10 rings (SSSR count). The second-order valence-electron chi connectivity index (χ2n) is 13.1. The summed E-state index contributed by atoms with van der Waals surface area (Å²) in [7, 11) is 0. The first-order chi connectivity index (χ1) is 18.6. The number of carbonyl (C=O) groups is 3. The summed E-state index contributed by atoms with van der Waals surface area (Å²) in [5.41, 5.74) is 5.89. The highest BCUT2D eigenvalue weighted by molar-refractivity contribution is 6.11. The standard InChI is InChI=1S/C31H28N4O4/c1-14-7-32-25-19(36)4-18-22(23(14)25)16(3)9-34(18)27(38)29-11-30(12-29,13-29)28(39)35-10-17-6-31(17)21(35)5-20(37)26-24(31)15(2)8-33-26/h4-5,7-8,17,33,36H,6,9-13H2,1-3H3. The van der Waals surface area contributed by atoms with Crippen molar-refractivity contribution in [1.82, 2.24) is 9.88 Å². The van der Waals surface area contributed by atoms with Gasteiger partial charge in [-0.05, 0) is 74.6 Å². The third-order valence-corrected chi connectivity index (χ3v) is 10.9. The van der Waals surface area contributed by atoms with Gasteiger partial charge < -0.3 is 19.9 Å². The molecule has 196 valence electrons. The number of piperidine rings is 1. The zero-order valence-electron chi connectivity index (χ0n) is 22.1. The van der Waals surface area contributed by atoms with Gasteiger partial charge in [0, 0.05) is 59.2 Å². The third kappa shape index (κ3) is 2.24. The van der Waals surface area contributed by atoms with E-state index in [4.69, 9.17) is 0 Å². The number of nitrogens with zero attached hydrogens (tertiary/aromatic N) is 3. The van der Waals surface area contributed by atoms with E-state index in [1.54, 1.807) is 18.4 Å². The van der Waals surface area contributed by atoms with Crippen molar-refractivity contribution >= 4 is 46.3 Å². The molecule has 2 atom stereocenters. The van der Waals surface area contributed by atoms with Gasteiger partial charge in [0.05, 0.1) is 22.2 Å². The van der Waals surface area contributed by atoms with Gasteiger partial charge in [-0.3, -0.25) is 19.4 Å². The van der Waals surface area contributed by atoms with Crippen LogP contribution in [0.1, 0.15) is 61.1 Å². The Balaban J connectivity index is 0.992. The maximum atomic E-state index is 14.0. The maximum absolute atomic E-state index is 14.0. The number of likely N-dealkylation sites (tertiary alicyclic amines) is 1. The van der Waals surface area contributed by atoms with Crippen LogP contribution in [0.25, 0.3) is 11.1 Å². The summed E-state index contributed by atoms with van der Waals surface area (Å²) in [4.78, 5) is 52.1. The van der Waals surface area contributed by atoms with E-state index in [1.165, 1.54) is 0 Å². The summed E-state index contributed by atoms with van der Waals surface area (Å²) in [6.45, 7) is 7.19. The molecule has 1 aromatic heterocycles. The molecule has 3 aliphatic heterocycles. The van der Waals surface area contributed by atoms with Gasteiger partial charge in [0.15, 0.2) is 0 Å². The van der Waals surface area contributed by atoms with Crippen LogP contribution in [0.15, 0.2) is 29.0 Å². The van der Waals surface area contributed by atoms with Crippen molar-refractivity contribution in [1.29, 1.82) is 0 Å². The zero-order valence-corrected chi connectivity index (χ0v) is 22.1. The first-order valence-corrected chi connectivity index (χ1v) is 13.8. The molecule has 0 radical (unpaired) electrons. The van der Waals surface area contributed by atoms with Crippen LogP contribution in [0.2, 0.25) is 0 Å². The SMILES string of the molecule is CC1=c2c(cc(O)c3c2=C(C)C=N3)N(C(=O)C23CC(C(=O)N4CC5CC56C4=CC(=O)c4[nH]cc(C)c46)(C2)C3)C1. The minimum atomic E-state index is -0.525. The Kier molecular flexibility index (Phi) is 3.53. The molecule has 39 heavy (non-hydrogen) atoms. The van der Waals surface area contributed by atoms with Crippen LogP contribution >= 0.6 is 0 Å². The van der Waals surface area contributed by atoms with E-state index in [2.05, 4.69) is 9.98 Å². The number of hydrogen-bond donors (Lipinski definition) is 2. The number of aliphatic imine (C=N–C) groups is 1. The number of phenolic OH excluding ortho intramolecular Hbond substituents is 1. The maximum Gasteiger partial charge on any atom is 0.233 e. The molecule has 1 saturated heterocycles. The number of aryl methyl sites for hydroxylation is 1. The number of rotatable bonds is 2. The van der Waals surface area contributed by atoms with Crippen LogP contribution in [-0.2, 0) is 15.0 Å². The zero-order chi connectivity index (χ0) is 26.8. The van der Waals surface area contributed by atoms with Crippen LogP contribution < -0.4 is 15.3 Å². The summed E-state index contributed by atoms with van der Waals surface area (Å²) in [6.07, 6.45) is 7.99. The summed E-state index contributed by atoms with van der Waals surface area (Å²) in [5.74, 6) is 0.523. The minimum absolute atomic E-state index is 0.0478. The Morgan fingerprint density at radius 2 is 1.79 bits per heavy atom. The molecular weight excluding hydrogens is 492 g/mol. The second kappa shape index (κ2) is 6.27. The molecule has 5 fully saturated rings. The van der Waals surface area contributed by atoms with Crippen LogP contribution in [-0.4, -0.2) is 51.9 Å². The van der Waals surface area contributed by atoms with E-state index >= 15 is 0 Å². The van der Waals surface area contributed by atoms with E-state index in [0.29, 0.717) is 49.7 Å². The Hall–Kier alpha value is -3.94. The number of H-pyrrole nitrogens is 1. The molecule has 2 unspecified atom stereocenters. The molecule has 2 N–H and O–H groups in total. The van der Waals surface area contributed by atoms with Crippen LogP contribution in [0.3, 0.4) is 0 Å². The Bertz CT molecular complexity index is 1840. The van der Waals surface area contributed by atoms with Crippen LogP contribution in [0.4, 0.5) is 11.4 Å². The highest BCUT2D eigenvalue weighted by Crippen LogP contribution is 2.76. The van der Waals surface area contributed by atoms with Crippen molar-refractivity contribution in [3.05, 3.63) is 51.3 Å². The Labute approximate surface area is 224 Å². The molecule has 2 amide bonds. The summed E-state index contributed by atoms with van der Waals surface area (Å²) in [5, 5.41) is 12.6. The summed E-state index contributed by atoms with van der Waals surface area (Å²) >= 11 is 0. The molecule has 5 aliphatic carbocycles. The molecule has 4 saturated carbocycles. The number of benzene rings is 1. The van der Waals surface area contributed by atoms with Gasteiger partial charge in [0.25, 0.3) is 0 Å². The van der Waals surface area contributed by atoms with E-state index in [0.717, 1.165) is 50.5 Å². The highest BCUT2D eigenvalue weighted by Gasteiger charge is 2.78. The second-order valence-corrected chi connectivity index (χ2v) is 13.1. The molecule has 2 bridgehead atoms. The first-order valence-electron chi connectivity index (χ1n) is 13.8. The van der Waals surface area contributed by atoms with Crippen molar-refractivity contribution in [2.24, 2.45) is 21.7 Å². The number of aromatic hydroxyl groups is 1. The van der Waals surface area contributed by atoms with Crippen molar-refractivity contribution in [3.8, 4) is 5.75 Å². The van der Waals surface area contributed by atoms with Gasteiger partial charge >= 0.3 is 0 Å². The normalized spacial score (nSPS) is 33.7. The number of carbonyl (C=O) groups excluding carboxylic acids is 3. The van der Waals surface area contributed by atoms with Gasteiger partial charge in [-0.25, -0.2) is 0 Å². The number of fused-ring (bicyclic) bond motifs is 4. The quantitative estimate of drug-likeness (QED) is 0.635. The monoisotopic (exact) mass is 520 g/mol. The minimum Gasteiger partial charge on any atom is -0.506 e. The molecule has 8 nitrogen and oxygen atoms in total. The lowest BCUT2D eigenvalue weighted by atomic mass is 9.34. The van der Waals surface area contributed by atoms with Gasteiger partial charge in [-0.2, -0.15) is 0 Å². The van der Waals surface area contributed by atoms with Crippen molar-refractivity contribution in [2.75, 3.05) is 18.0 Å². The first kappa shape index (κ1) is 21.9. The van der Waals surface area contributed by atoms with Crippen molar-refractivity contribution in [2.45, 2.75) is 51.9 Å². The van der Waals surface area contributed by atoms with E-state index < -0.39 is 10.8 Å². The number of aromatic nitrogens is 1. The molecule has 4 heterocycles. The fourth-order valence-electron chi connectivity index (χ4n) is 9.17. The predicted molar refractivity (Wildman–Crippen MR) is 144 cm³/mol. The van der Waals surface area contributed by atoms with Gasteiger partial charge in [0.2, 0.25) is 17.6 Å². The number of anilines is 1. The lowest BCUT2D eigenvalue weighted by Crippen LogP contribution is -2.72. The smallest absolute Gasteiger partial charge is 0.233 e. The average molecular weight is 521 g/mol. The fraction of sp³-hybridized carbons (Fsp3) is 0.419. The number of nitrogens with one attached hydrogen (secondary N) is 1. The Morgan fingerprint density at radius 1 is 1.08 bits per heavy atom. The number of hydrogen-bond acceptors (Lipinski definition) is 5. The molecule has 1 spiro atoms. The number of phenols is 1. The molecule has 2 aromatic rings. The molecule has 8 heteroatoms. The lowest BCUT2D eigenvalue weighted by Gasteiger charge is -2.69. The summed E-state index contributed by atoms with van der Waals surface area (Å²) in [6, 6.07) is 1.67. The number of ketones is 1. The van der Waals surface area contributed by atoms with Gasteiger partial charge in [0.1, 0.15) is 11.4 Å². The number of allylic oxidation sites excluding steroid dienone is 2. The van der Waals surface area contributed by atoms with E-state index in [1.807, 2.05) is 36.8 Å². The van der Waals surface area contributed by atoms with Crippen LogP contribution in [0, 0.1) is 23.7 Å². The fourth-order valence-corrected chi connectivity index (χ4v) is 9.17. The average Bonchev–Trinajstić information content (AvgIpc) is 3.20. The van der Waals surface area contributed by atoms with Crippen molar-refractivity contribution < 1.29 is 19.5 Å². The predicted octanol–water partition coefficient (Wildman–Crippen LogP) is 2.48.